The molecule has 0 unspecified atom stereocenters. The molecule has 1 heterocycles. The Hall–Kier alpha value is -2.16. The molecule has 0 saturated heterocycles. The molecule has 176 valence electrons. The van der Waals surface area contributed by atoms with Gasteiger partial charge in [-0.3, -0.25) is 4.79 Å². The molecule has 7 nitrogen and oxygen atoms in total. The maximum absolute atomic E-state index is 12.8. The first-order chi connectivity index (χ1) is 15.4. The average Bonchev–Trinajstić information content (AvgIpc) is 3.20. The zero-order valence-electron chi connectivity index (χ0n) is 19.2. The molecule has 8 heteroatoms. The second kappa shape index (κ2) is 11.6. The van der Waals surface area contributed by atoms with E-state index in [0.29, 0.717) is 36.9 Å². The van der Waals surface area contributed by atoms with Crippen molar-refractivity contribution in [2.75, 3.05) is 13.2 Å². The van der Waals surface area contributed by atoms with Gasteiger partial charge in [0.1, 0.15) is 0 Å². The van der Waals surface area contributed by atoms with Crippen LogP contribution in [0.1, 0.15) is 68.9 Å². The smallest absolute Gasteiger partial charge is 0.220 e. The highest BCUT2D eigenvalue weighted by atomic mass is 32.1. The first kappa shape index (κ1) is 24.5. The van der Waals surface area contributed by atoms with E-state index < -0.39 is 0 Å². The quantitative estimate of drug-likeness (QED) is 0.320. The van der Waals surface area contributed by atoms with Crippen LogP contribution in [0.15, 0.2) is 30.1 Å². The van der Waals surface area contributed by atoms with Gasteiger partial charge in [0.05, 0.1) is 40.1 Å². The first-order valence-electron chi connectivity index (χ1n) is 11.6. The van der Waals surface area contributed by atoms with Gasteiger partial charge in [-0.15, -0.1) is 11.3 Å². The lowest BCUT2D eigenvalue weighted by molar-refractivity contribution is -0.122. The number of rotatable bonds is 10. The standard InChI is InChI=1S/C24H37N5O2S/c1-16(2)18-8-9-20-22(12-18)32-24(28-20)11-10-23(31)27-21(17-6-4-3-5-7-17)14-29(26)13-19(25)15-30/h8-9,12-13,16-17,21,30H,3-7,10-11,14-15,25-26H2,1-2H3,(H,27,31)/b19-13-/t21-/m1/s1. The average molecular weight is 460 g/mol. The van der Waals surface area contributed by atoms with Crippen LogP contribution in [-0.4, -0.2) is 40.2 Å². The van der Waals surface area contributed by atoms with Crippen molar-refractivity contribution in [1.82, 2.24) is 15.3 Å². The van der Waals surface area contributed by atoms with Crippen LogP contribution in [0, 0.1) is 5.92 Å². The highest BCUT2D eigenvalue weighted by molar-refractivity contribution is 7.18. The van der Waals surface area contributed by atoms with Gasteiger partial charge in [-0.2, -0.15) is 0 Å². The summed E-state index contributed by atoms with van der Waals surface area (Å²) in [6.45, 7) is 4.60. The minimum atomic E-state index is -0.241. The Balaban J connectivity index is 1.60. The fraction of sp³-hybridized carbons (Fsp3) is 0.583. The summed E-state index contributed by atoms with van der Waals surface area (Å²) in [6.07, 6.45) is 8.36. The third-order valence-electron chi connectivity index (χ3n) is 6.18. The number of aliphatic hydroxyl groups excluding tert-OH is 1. The van der Waals surface area contributed by atoms with E-state index in [9.17, 15) is 4.79 Å². The number of amides is 1. The Morgan fingerprint density at radius 3 is 2.78 bits per heavy atom. The number of aromatic nitrogens is 1. The van der Waals surface area contributed by atoms with Crippen LogP contribution in [0.25, 0.3) is 10.2 Å². The molecule has 1 saturated carbocycles. The molecule has 1 aromatic carbocycles. The molecular formula is C24H37N5O2S. The van der Waals surface area contributed by atoms with Gasteiger partial charge in [0.25, 0.3) is 0 Å². The molecular weight excluding hydrogens is 422 g/mol. The molecule has 1 atom stereocenters. The number of carbonyl (C=O) groups excluding carboxylic acids is 1. The lowest BCUT2D eigenvalue weighted by atomic mass is 9.83. The normalized spacial score (nSPS) is 16.5. The van der Waals surface area contributed by atoms with Gasteiger partial charge in [0.15, 0.2) is 0 Å². The van der Waals surface area contributed by atoms with Gasteiger partial charge in [0, 0.05) is 19.0 Å². The number of nitrogens with two attached hydrogens (primary N) is 2. The van der Waals surface area contributed by atoms with Crippen LogP contribution in [0.5, 0.6) is 0 Å². The van der Waals surface area contributed by atoms with Gasteiger partial charge in [-0.25, -0.2) is 10.8 Å². The fourth-order valence-corrected chi connectivity index (χ4v) is 5.35. The fourth-order valence-electron chi connectivity index (χ4n) is 4.34. The van der Waals surface area contributed by atoms with E-state index >= 15 is 0 Å². The van der Waals surface area contributed by atoms with Crippen LogP contribution >= 0.6 is 11.3 Å². The molecule has 1 aliphatic rings. The molecule has 1 aliphatic carbocycles. The number of thiazole rings is 1. The Labute approximate surface area is 194 Å². The summed E-state index contributed by atoms with van der Waals surface area (Å²) in [5.74, 6) is 6.99. The number of benzene rings is 1. The highest BCUT2D eigenvalue weighted by Crippen LogP contribution is 2.28. The van der Waals surface area contributed by atoms with Crippen molar-refractivity contribution in [2.45, 2.75) is 70.8 Å². The summed E-state index contributed by atoms with van der Waals surface area (Å²) in [5, 5.41) is 14.8. The lowest BCUT2D eigenvalue weighted by Crippen LogP contribution is -2.49. The molecule has 0 bridgehead atoms. The number of fused-ring (bicyclic) bond motifs is 1. The van der Waals surface area contributed by atoms with E-state index in [2.05, 4.69) is 37.4 Å². The minimum absolute atomic E-state index is 0.0233. The maximum Gasteiger partial charge on any atom is 0.220 e. The van der Waals surface area contributed by atoms with Gasteiger partial charge >= 0.3 is 0 Å². The lowest BCUT2D eigenvalue weighted by Gasteiger charge is -2.33. The molecule has 6 N–H and O–H groups in total. The van der Waals surface area contributed by atoms with Crippen molar-refractivity contribution in [2.24, 2.45) is 17.5 Å². The third kappa shape index (κ3) is 6.92. The van der Waals surface area contributed by atoms with Crippen molar-refractivity contribution in [1.29, 1.82) is 0 Å². The molecule has 1 fully saturated rings. The van der Waals surface area contributed by atoms with Crippen molar-refractivity contribution in [3.8, 4) is 0 Å². The van der Waals surface area contributed by atoms with E-state index in [-0.39, 0.29) is 18.6 Å². The number of hydrogen-bond donors (Lipinski definition) is 4. The monoisotopic (exact) mass is 459 g/mol. The molecule has 0 radical (unpaired) electrons. The summed E-state index contributed by atoms with van der Waals surface area (Å²) in [7, 11) is 0. The van der Waals surface area contributed by atoms with E-state index in [1.807, 2.05) is 0 Å². The third-order valence-corrected chi connectivity index (χ3v) is 7.25. The largest absolute Gasteiger partial charge is 0.399 e. The SMILES string of the molecule is CC(C)c1ccc2nc(CCC(=O)N[C@H](CN(N)/C=C(\N)CO)C3CCCCC3)sc2c1. The molecule has 1 aromatic heterocycles. The van der Waals surface area contributed by atoms with Crippen molar-refractivity contribution >= 4 is 27.5 Å². The summed E-state index contributed by atoms with van der Waals surface area (Å²) < 4.78 is 1.18. The number of hydrogen-bond acceptors (Lipinski definition) is 7. The van der Waals surface area contributed by atoms with Gasteiger partial charge in [0.2, 0.25) is 5.91 Å². The van der Waals surface area contributed by atoms with Gasteiger partial charge < -0.3 is 21.2 Å². The van der Waals surface area contributed by atoms with Crippen LogP contribution in [0.3, 0.4) is 0 Å². The zero-order valence-corrected chi connectivity index (χ0v) is 20.0. The van der Waals surface area contributed by atoms with Crippen LogP contribution < -0.4 is 16.9 Å². The minimum Gasteiger partial charge on any atom is -0.399 e. The van der Waals surface area contributed by atoms with Crippen molar-refractivity contribution in [3.63, 3.8) is 0 Å². The van der Waals surface area contributed by atoms with Crippen LogP contribution in [-0.2, 0) is 11.2 Å². The van der Waals surface area contributed by atoms with Gasteiger partial charge in [-0.05, 0) is 42.4 Å². The van der Waals surface area contributed by atoms with E-state index in [4.69, 9.17) is 21.7 Å². The summed E-state index contributed by atoms with van der Waals surface area (Å²) in [6, 6.07) is 6.38. The number of nitrogens with zero attached hydrogens (tertiary/aromatic N) is 2. The van der Waals surface area contributed by atoms with Crippen LogP contribution in [0.2, 0.25) is 0 Å². The molecule has 32 heavy (non-hydrogen) atoms. The number of hydrazine groups is 1. The maximum atomic E-state index is 12.8. The second-order valence-electron chi connectivity index (χ2n) is 9.12. The number of aliphatic hydroxyl groups is 1. The van der Waals surface area contributed by atoms with Gasteiger partial charge in [-0.1, -0.05) is 39.2 Å². The Morgan fingerprint density at radius 1 is 1.34 bits per heavy atom. The van der Waals surface area contributed by atoms with Crippen molar-refractivity contribution < 1.29 is 9.90 Å². The topological polar surface area (TPSA) is 118 Å². The molecule has 3 rings (SSSR count). The Bertz CT molecular complexity index is 920. The predicted molar refractivity (Wildman–Crippen MR) is 131 cm³/mol. The predicted octanol–water partition coefficient (Wildman–Crippen LogP) is 3.39. The highest BCUT2D eigenvalue weighted by Gasteiger charge is 2.26. The van der Waals surface area contributed by atoms with E-state index in [1.165, 1.54) is 40.7 Å². The molecule has 2 aromatic rings. The molecule has 0 spiro atoms. The Morgan fingerprint density at radius 2 is 2.09 bits per heavy atom. The summed E-state index contributed by atoms with van der Waals surface area (Å²) in [4.78, 5) is 17.5. The summed E-state index contributed by atoms with van der Waals surface area (Å²) in [5.41, 5.74) is 8.31. The number of nitrogens with one attached hydrogen (secondary N) is 1. The zero-order chi connectivity index (χ0) is 23.1. The van der Waals surface area contributed by atoms with E-state index in [1.54, 1.807) is 11.3 Å². The van der Waals surface area contributed by atoms with Crippen molar-refractivity contribution in [3.05, 3.63) is 40.7 Å². The number of carbonyl (C=O) groups is 1. The second-order valence-corrected chi connectivity index (χ2v) is 10.2. The number of aryl methyl sites for hydroxylation is 1. The Kier molecular flexibility index (Phi) is 8.90. The first-order valence-corrected chi connectivity index (χ1v) is 12.4. The van der Waals surface area contributed by atoms with E-state index in [0.717, 1.165) is 23.4 Å². The summed E-state index contributed by atoms with van der Waals surface area (Å²) >= 11 is 1.67. The van der Waals surface area contributed by atoms with Crippen LogP contribution in [0.4, 0.5) is 0 Å². The molecule has 0 aliphatic heterocycles. The molecule has 1 amide bonds.